The van der Waals surface area contributed by atoms with Crippen molar-refractivity contribution in [3.05, 3.63) is 29.3 Å². The molecule has 1 saturated carbocycles. The van der Waals surface area contributed by atoms with Gasteiger partial charge in [-0.2, -0.15) is 5.26 Å². The Bertz CT molecular complexity index is 518. The molecule has 2 atom stereocenters. The molecule has 1 fully saturated rings. The first-order valence-corrected chi connectivity index (χ1v) is 6.79. The Labute approximate surface area is 117 Å². The lowest BCUT2D eigenvalue weighted by Gasteiger charge is -2.35. The molecule has 2 rings (SSSR count). The van der Waals surface area contributed by atoms with Crippen molar-refractivity contribution in [2.24, 2.45) is 5.92 Å². The van der Waals surface area contributed by atoms with E-state index in [2.05, 4.69) is 12.2 Å². The molecule has 108 valence electrons. The molecule has 0 aromatic heterocycles. The van der Waals surface area contributed by atoms with Crippen LogP contribution in [0.15, 0.2) is 12.1 Å². The first kappa shape index (κ1) is 14.7. The smallest absolute Gasteiger partial charge is 0.150 e. The molecule has 1 aliphatic rings. The van der Waals surface area contributed by atoms with Gasteiger partial charge in [0, 0.05) is 6.54 Å². The monoisotopic (exact) mass is 280 g/mol. The molecular formula is C15H18F2N2O. The number of nitrogens with one attached hydrogen (secondary N) is 1. The highest BCUT2D eigenvalue weighted by atomic mass is 19.1. The molecule has 0 heterocycles. The lowest BCUT2D eigenvalue weighted by molar-refractivity contribution is -0.000846. The summed E-state index contributed by atoms with van der Waals surface area (Å²) in [5, 5.41) is 21.7. The zero-order valence-corrected chi connectivity index (χ0v) is 11.4. The van der Waals surface area contributed by atoms with E-state index < -0.39 is 17.2 Å². The fraction of sp³-hybridized carbons (Fsp3) is 0.533. The molecule has 3 nitrogen and oxygen atoms in total. The van der Waals surface area contributed by atoms with E-state index in [1.807, 2.05) is 0 Å². The van der Waals surface area contributed by atoms with E-state index in [0.29, 0.717) is 18.8 Å². The number of benzene rings is 1. The fourth-order valence-electron chi connectivity index (χ4n) is 2.85. The van der Waals surface area contributed by atoms with E-state index in [-0.39, 0.29) is 17.8 Å². The number of anilines is 1. The molecule has 0 aliphatic heterocycles. The fourth-order valence-corrected chi connectivity index (χ4v) is 2.85. The predicted molar refractivity (Wildman–Crippen MR) is 72.1 cm³/mol. The predicted octanol–water partition coefficient (Wildman–Crippen LogP) is 3.19. The number of halogens is 2. The van der Waals surface area contributed by atoms with Crippen molar-refractivity contribution in [3.8, 4) is 6.07 Å². The van der Waals surface area contributed by atoms with Crippen LogP contribution in [0.1, 0.15) is 38.2 Å². The highest BCUT2D eigenvalue weighted by molar-refractivity contribution is 5.50. The van der Waals surface area contributed by atoms with Gasteiger partial charge in [0.15, 0.2) is 11.6 Å². The van der Waals surface area contributed by atoms with Crippen molar-refractivity contribution in [3.63, 3.8) is 0 Å². The molecule has 0 radical (unpaired) electrons. The molecule has 1 aliphatic carbocycles. The Hall–Kier alpha value is -1.67. The average molecular weight is 280 g/mol. The molecule has 0 amide bonds. The number of rotatable bonds is 3. The van der Waals surface area contributed by atoms with Crippen molar-refractivity contribution in [2.45, 2.75) is 38.2 Å². The lowest BCUT2D eigenvalue weighted by Crippen LogP contribution is -2.41. The zero-order valence-electron chi connectivity index (χ0n) is 11.4. The summed E-state index contributed by atoms with van der Waals surface area (Å²) in [5.41, 5.74) is -1.27. The molecule has 0 spiro atoms. The number of aliphatic hydroxyl groups is 1. The number of hydrogen-bond donors (Lipinski definition) is 2. The first-order chi connectivity index (χ1) is 9.43. The van der Waals surface area contributed by atoms with Crippen molar-refractivity contribution < 1.29 is 13.9 Å². The van der Waals surface area contributed by atoms with Crippen LogP contribution in [-0.2, 0) is 0 Å². The van der Waals surface area contributed by atoms with E-state index in [9.17, 15) is 13.9 Å². The maximum Gasteiger partial charge on any atom is 0.150 e. The van der Waals surface area contributed by atoms with Gasteiger partial charge in [0.05, 0.1) is 17.2 Å². The summed E-state index contributed by atoms with van der Waals surface area (Å²) >= 11 is 0. The molecule has 1 aromatic carbocycles. The average Bonchev–Trinajstić information content (AvgIpc) is 2.37. The van der Waals surface area contributed by atoms with E-state index in [1.54, 1.807) is 6.07 Å². The summed E-state index contributed by atoms with van der Waals surface area (Å²) < 4.78 is 27.4. The molecule has 20 heavy (non-hydrogen) atoms. The molecule has 0 bridgehead atoms. The highest BCUT2D eigenvalue weighted by Crippen LogP contribution is 2.33. The summed E-state index contributed by atoms with van der Waals surface area (Å²) in [6, 6.07) is 3.67. The summed E-state index contributed by atoms with van der Waals surface area (Å²) in [5.74, 6) is -1.21. The van der Waals surface area contributed by atoms with E-state index in [4.69, 9.17) is 5.26 Å². The number of hydrogen-bond acceptors (Lipinski definition) is 3. The van der Waals surface area contributed by atoms with Crippen molar-refractivity contribution >= 4 is 5.69 Å². The molecule has 0 saturated heterocycles. The van der Waals surface area contributed by atoms with Gasteiger partial charge in [-0.3, -0.25) is 0 Å². The van der Waals surface area contributed by atoms with E-state index >= 15 is 0 Å². The zero-order chi connectivity index (χ0) is 14.8. The third-order valence-electron chi connectivity index (χ3n) is 3.83. The van der Waals surface area contributed by atoms with Crippen LogP contribution in [0.4, 0.5) is 14.5 Å². The van der Waals surface area contributed by atoms with Gasteiger partial charge in [-0.15, -0.1) is 0 Å². The van der Waals surface area contributed by atoms with Crippen LogP contribution in [-0.4, -0.2) is 17.3 Å². The van der Waals surface area contributed by atoms with Crippen molar-refractivity contribution in [1.29, 1.82) is 5.26 Å². The minimum atomic E-state index is -0.926. The van der Waals surface area contributed by atoms with E-state index in [0.717, 1.165) is 25.0 Å². The Morgan fingerprint density at radius 2 is 2.10 bits per heavy atom. The van der Waals surface area contributed by atoms with Crippen LogP contribution >= 0.6 is 0 Å². The minimum absolute atomic E-state index is 0.0597. The topological polar surface area (TPSA) is 56.0 Å². The second kappa shape index (κ2) is 5.76. The SMILES string of the molecule is CC1CCCC(O)(CNc2c(F)cc(C#N)cc2F)C1. The van der Waals surface area contributed by atoms with Gasteiger partial charge in [-0.1, -0.05) is 19.8 Å². The van der Waals surface area contributed by atoms with Crippen molar-refractivity contribution in [2.75, 3.05) is 11.9 Å². The lowest BCUT2D eigenvalue weighted by atomic mass is 9.79. The molecule has 1 aromatic rings. The van der Waals surface area contributed by atoms with Gasteiger partial charge in [-0.25, -0.2) is 8.78 Å². The summed E-state index contributed by atoms with van der Waals surface area (Å²) in [7, 11) is 0. The highest BCUT2D eigenvalue weighted by Gasteiger charge is 2.32. The van der Waals surface area contributed by atoms with Crippen molar-refractivity contribution in [1.82, 2.24) is 0 Å². The molecular weight excluding hydrogens is 262 g/mol. The van der Waals surface area contributed by atoms with Crippen LogP contribution in [0.3, 0.4) is 0 Å². The largest absolute Gasteiger partial charge is 0.388 e. The van der Waals surface area contributed by atoms with Gasteiger partial charge >= 0.3 is 0 Å². The molecule has 2 unspecified atom stereocenters. The van der Waals surface area contributed by atoms with Crippen LogP contribution in [0, 0.1) is 28.9 Å². The van der Waals surface area contributed by atoms with Gasteiger partial charge in [0.25, 0.3) is 0 Å². The summed E-state index contributed by atoms with van der Waals surface area (Å²) in [6.45, 7) is 2.17. The Morgan fingerprint density at radius 1 is 1.45 bits per heavy atom. The normalized spacial score (nSPS) is 26.1. The standard InChI is InChI=1S/C15H18F2N2O/c1-10-3-2-4-15(20,7-10)9-19-14-12(16)5-11(8-18)6-13(14)17/h5-6,10,19-20H,2-4,7,9H2,1H3. The Kier molecular flexibility index (Phi) is 4.24. The van der Waals surface area contributed by atoms with Crippen LogP contribution in [0.5, 0.6) is 0 Å². The van der Waals surface area contributed by atoms with Crippen LogP contribution in [0.2, 0.25) is 0 Å². The maximum atomic E-state index is 13.7. The van der Waals surface area contributed by atoms with Gasteiger partial charge in [0.1, 0.15) is 5.69 Å². The summed E-state index contributed by atoms with van der Waals surface area (Å²) in [4.78, 5) is 0. The number of nitriles is 1. The Morgan fingerprint density at radius 3 is 2.65 bits per heavy atom. The van der Waals surface area contributed by atoms with E-state index in [1.165, 1.54) is 0 Å². The van der Waals surface area contributed by atoms with Gasteiger partial charge < -0.3 is 10.4 Å². The first-order valence-electron chi connectivity index (χ1n) is 6.79. The summed E-state index contributed by atoms with van der Waals surface area (Å²) in [6.07, 6.45) is 3.24. The number of nitrogens with zero attached hydrogens (tertiary/aromatic N) is 1. The third-order valence-corrected chi connectivity index (χ3v) is 3.83. The maximum absolute atomic E-state index is 13.7. The minimum Gasteiger partial charge on any atom is -0.388 e. The Balaban J connectivity index is 2.09. The van der Waals surface area contributed by atoms with Crippen LogP contribution in [0.25, 0.3) is 0 Å². The van der Waals surface area contributed by atoms with Gasteiger partial charge in [-0.05, 0) is 30.9 Å². The molecule has 2 N–H and O–H groups in total. The van der Waals surface area contributed by atoms with Gasteiger partial charge in [0.2, 0.25) is 0 Å². The third kappa shape index (κ3) is 3.26. The second-order valence-electron chi connectivity index (χ2n) is 5.71. The quantitative estimate of drug-likeness (QED) is 0.894. The molecule has 5 heteroatoms. The second-order valence-corrected chi connectivity index (χ2v) is 5.71. The van der Waals surface area contributed by atoms with Crippen LogP contribution < -0.4 is 5.32 Å².